The summed E-state index contributed by atoms with van der Waals surface area (Å²) in [5.41, 5.74) is 1.28. The van der Waals surface area contributed by atoms with E-state index in [9.17, 15) is 22.4 Å². The normalized spacial score (nSPS) is 12.4. The first-order valence-electron chi connectivity index (χ1n) is 9.31. The van der Waals surface area contributed by atoms with Crippen LogP contribution in [0.3, 0.4) is 0 Å². The third kappa shape index (κ3) is 6.61. The molecule has 33 heavy (non-hydrogen) atoms. The molecule has 0 heterocycles. The molecule has 0 unspecified atom stereocenters. The van der Waals surface area contributed by atoms with E-state index in [-0.39, 0.29) is 22.9 Å². The van der Waals surface area contributed by atoms with Crippen molar-refractivity contribution in [1.29, 1.82) is 0 Å². The number of methoxy groups -OCH3 is 2. The summed E-state index contributed by atoms with van der Waals surface area (Å²) in [4.78, 5) is 17.5. The molecule has 2 aromatic rings. The molecule has 0 amide bonds. The van der Waals surface area contributed by atoms with Crippen LogP contribution in [0.2, 0.25) is 5.02 Å². The third-order valence-corrected chi connectivity index (χ3v) is 4.71. The number of aryl methyl sites for hydroxylation is 1. The molecule has 0 bridgehead atoms. The quantitative estimate of drug-likeness (QED) is 0.117. The first-order chi connectivity index (χ1) is 15.5. The van der Waals surface area contributed by atoms with Crippen LogP contribution >= 0.6 is 11.6 Å². The van der Waals surface area contributed by atoms with E-state index in [2.05, 4.69) is 9.89 Å². The van der Waals surface area contributed by atoms with Gasteiger partial charge in [0.25, 0.3) is 0 Å². The maximum Gasteiger partial charge on any atom is 0.573 e. The van der Waals surface area contributed by atoms with E-state index in [0.29, 0.717) is 11.1 Å². The second-order valence-electron chi connectivity index (χ2n) is 6.59. The summed E-state index contributed by atoms with van der Waals surface area (Å²) >= 11 is 5.98. The Morgan fingerprint density at radius 1 is 1.18 bits per heavy atom. The van der Waals surface area contributed by atoms with Crippen molar-refractivity contribution in [3.8, 4) is 5.75 Å². The van der Waals surface area contributed by atoms with E-state index < -0.39 is 29.5 Å². The molecule has 0 atom stereocenters. The Labute approximate surface area is 192 Å². The van der Waals surface area contributed by atoms with Crippen molar-refractivity contribution < 1.29 is 41.4 Å². The number of hydrogen-bond donors (Lipinski definition) is 0. The highest BCUT2D eigenvalue weighted by atomic mass is 35.5. The Morgan fingerprint density at radius 3 is 2.48 bits per heavy atom. The van der Waals surface area contributed by atoms with Crippen LogP contribution < -0.4 is 4.74 Å². The lowest BCUT2D eigenvalue weighted by atomic mass is 9.97. The Kier molecular flexibility index (Phi) is 8.69. The van der Waals surface area contributed by atoms with Crippen LogP contribution in [0, 0.1) is 12.7 Å². The zero-order valence-corrected chi connectivity index (χ0v) is 18.8. The molecule has 11 heteroatoms. The van der Waals surface area contributed by atoms with Crippen LogP contribution in [0.5, 0.6) is 5.75 Å². The minimum atomic E-state index is -5.14. The van der Waals surface area contributed by atoms with Gasteiger partial charge in [-0.15, -0.1) is 13.2 Å². The predicted octanol–water partition coefficient (Wildman–Crippen LogP) is 5.79. The van der Waals surface area contributed by atoms with Crippen molar-refractivity contribution in [2.24, 2.45) is 5.16 Å². The number of hydrogen-bond acceptors (Lipinski definition) is 6. The number of alkyl halides is 3. The van der Waals surface area contributed by atoms with E-state index in [1.165, 1.54) is 27.4 Å². The van der Waals surface area contributed by atoms with Crippen LogP contribution in [-0.2, 0) is 25.7 Å². The monoisotopic (exact) mass is 489 g/mol. The number of halogens is 5. The summed E-state index contributed by atoms with van der Waals surface area (Å²) < 4.78 is 65.8. The lowest BCUT2D eigenvalue weighted by Crippen LogP contribution is -2.20. The van der Waals surface area contributed by atoms with Crippen molar-refractivity contribution >= 4 is 28.9 Å². The molecule has 0 radical (unpaired) electrons. The van der Waals surface area contributed by atoms with Crippen molar-refractivity contribution in [2.75, 3.05) is 14.2 Å². The highest BCUT2D eigenvalue weighted by Crippen LogP contribution is 2.34. The first-order valence-corrected chi connectivity index (χ1v) is 9.68. The summed E-state index contributed by atoms with van der Waals surface area (Å²) in [5, 5.41) is 3.57. The molecule has 0 aliphatic rings. The molecule has 0 saturated heterocycles. The van der Waals surface area contributed by atoms with Gasteiger partial charge >= 0.3 is 12.3 Å². The van der Waals surface area contributed by atoms with Gasteiger partial charge in [0, 0.05) is 5.56 Å². The smallest absolute Gasteiger partial charge is 0.503 e. The number of rotatable bonds is 8. The van der Waals surface area contributed by atoms with Gasteiger partial charge < -0.3 is 19.0 Å². The van der Waals surface area contributed by atoms with E-state index in [0.717, 1.165) is 17.7 Å². The number of oxime groups is 1. The Balaban J connectivity index is 2.40. The van der Waals surface area contributed by atoms with Crippen LogP contribution in [0.4, 0.5) is 17.6 Å². The van der Waals surface area contributed by atoms with Crippen molar-refractivity contribution in [2.45, 2.75) is 26.8 Å². The summed E-state index contributed by atoms with van der Waals surface area (Å²) in [6, 6.07) is 6.94. The van der Waals surface area contributed by atoms with Crippen molar-refractivity contribution in [3.05, 3.63) is 69.7 Å². The molecule has 6 nitrogen and oxygen atoms in total. The highest BCUT2D eigenvalue weighted by molar-refractivity contribution is 6.34. The van der Waals surface area contributed by atoms with Crippen molar-refractivity contribution in [1.82, 2.24) is 0 Å². The van der Waals surface area contributed by atoms with Crippen molar-refractivity contribution in [3.63, 3.8) is 0 Å². The van der Waals surface area contributed by atoms with Gasteiger partial charge in [-0.25, -0.2) is 9.18 Å². The van der Waals surface area contributed by atoms with E-state index in [4.69, 9.17) is 25.9 Å². The number of esters is 1. The molecule has 0 spiro atoms. The fraction of sp³-hybridized carbons (Fsp3) is 0.273. The SMILES string of the molecule is CO/C=C(/C(=O)OC)c1cccc(C)c1CO/N=C(\C)c1c(Cl)ccc(F)c1OC(F)(F)F. The topological polar surface area (TPSA) is 66.4 Å². The van der Waals surface area contributed by atoms with E-state index in [1.807, 2.05) is 0 Å². The lowest BCUT2D eigenvalue weighted by molar-refractivity contribution is -0.275. The second-order valence-corrected chi connectivity index (χ2v) is 7.00. The van der Waals surface area contributed by atoms with Gasteiger partial charge in [-0.2, -0.15) is 0 Å². The second kappa shape index (κ2) is 11.0. The van der Waals surface area contributed by atoms with Crippen LogP contribution in [0.25, 0.3) is 5.57 Å². The van der Waals surface area contributed by atoms with Gasteiger partial charge in [0.1, 0.15) is 12.2 Å². The summed E-state index contributed by atoms with van der Waals surface area (Å²) in [7, 11) is 2.58. The average molecular weight is 490 g/mol. The van der Waals surface area contributed by atoms with Gasteiger partial charge in [-0.3, -0.25) is 0 Å². The molecule has 0 saturated carbocycles. The average Bonchev–Trinajstić information content (AvgIpc) is 2.74. The van der Waals surface area contributed by atoms with Gasteiger partial charge in [0.2, 0.25) is 0 Å². The number of carbonyl (C=O) groups excluding carboxylic acids is 1. The molecular weight excluding hydrogens is 470 g/mol. The van der Waals surface area contributed by atoms with E-state index >= 15 is 0 Å². The molecule has 0 aromatic heterocycles. The zero-order valence-electron chi connectivity index (χ0n) is 18.0. The van der Waals surface area contributed by atoms with Gasteiger partial charge in [0.05, 0.1) is 36.8 Å². The van der Waals surface area contributed by atoms with Gasteiger partial charge in [0.15, 0.2) is 11.6 Å². The van der Waals surface area contributed by atoms with Crippen LogP contribution in [-0.4, -0.2) is 32.3 Å². The Bertz CT molecular complexity index is 1080. The highest BCUT2D eigenvalue weighted by Gasteiger charge is 2.34. The minimum Gasteiger partial charge on any atom is -0.503 e. The van der Waals surface area contributed by atoms with E-state index in [1.54, 1.807) is 25.1 Å². The fourth-order valence-corrected chi connectivity index (χ4v) is 3.21. The number of carbonyl (C=O) groups is 1. The maximum atomic E-state index is 14.0. The molecule has 0 fully saturated rings. The summed E-state index contributed by atoms with van der Waals surface area (Å²) in [6.07, 6.45) is -3.93. The molecular formula is C22H20ClF4NO5. The first kappa shape index (κ1) is 26.0. The standard InChI is InChI=1S/C22H20ClF4NO5/c1-12-6-5-7-14(16(10-30-3)21(29)31-4)15(12)11-32-28-13(2)19-17(23)8-9-18(24)20(19)33-22(25,26)27/h5-10H,11H2,1-4H3/b16-10+,28-13+. The fourth-order valence-electron chi connectivity index (χ4n) is 2.92. The largest absolute Gasteiger partial charge is 0.573 e. The Hall–Kier alpha value is -3.27. The summed E-state index contributed by atoms with van der Waals surface area (Å²) in [6.45, 7) is 2.87. The molecule has 2 rings (SSSR count). The Morgan fingerprint density at radius 2 is 1.88 bits per heavy atom. The molecule has 0 aliphatic heterocycles. The third-order valence-electron chi connectivity index (χ3n) is 4.39. The zero-order chi connectivity index (χ0) is 24.8. The van der Waals surface area contributed by atoms with Crippen LogP contribution in [0.15, 0.2) is 41.7 Å². The lowest BCUT2D eigenvalue weighted by Gasteiger charge is -2.16. The molecule has 178 valence electrons. The number of ether oxygens (including phenoxy) is 3. The predicted molar refractivity (Wildman–Crippen MR) is 113 cm³/mol. The van der Waals surface area contributed by atoms with Crippen LogP contribution in [0.1, 0.15) is 29.2 Å². The maximum absolute atomic E-state index is 14.0. The number of benzene rings is 2. The summed E-state index contributed by atoms with van der Waals surface area (Å²) in [5.74, 6) is -3.04. The molecule has 0 N–H and O–H groups in total. The number of nitrogens with zero attached hydrogens (tertiary/aromatic N) is 1. The molecule has 2 aromatic carbocycles. The molecule has 0 aliphatic carbocycles. The minimum absolute atomic E-state index is 0.122. The van der Waals surface area contributed by atoms with Gasteiger partial charge in [-0.1, -0.05) is 35.0 Å². The van der Waals surface area contributed by atoms with Gasteiger partial charge in [-0.05, 0) is 37.1 Å².